The molecule has 3 fully saturated rings. The zero-order valence-electron chi connectivity index (χ0n) is 14.5. The van der Waals surface area contributed by atoms with Gasteiger partial charge in [0, 0.05) is 51.2 Å². The Morgan fingerprint density at radius 3 is 2.76 bits per heavy atom. The van der Waals surface area contributed by atoms with E-state index in [1.165, 1.54) is 19.0 Å². The monoisotopic (exact) mass is 366 g/mol. The van der Waals surface area contributed by atoms with Crippen LogP contribution in [0.4, 0.5) is 0 Å². The molecule has 0 radical (unpaired) electrons. The van der Waals surface area contributed by atoms with Crippen molar-refractivity contribution in [1.82, 2.24) is 9.29 Å². The van der Waals surface area contributed by atoms with Gasteiger partial charge in [-0.05, 0) is 49.1 Å². The second-order valence-electron chi connectivity index (χ2n) is 7.64. The van der Waals surface area contributed by atoms with E-state index in [4.69, 9.17) is 9.47 Å². The van der Waals surface area contributed by atoms with Crippen molar-refractivity contribution < 1.29 is 17.9 Å². The molecule has 0 bridgehead atoms. The average Bonchev–Trinajstić information content (AvgIpc) is 3.39. The van der Waals surface area contributed by atoms with Gasteiger partial charge in [-0.3, -0.25) is 4.98 Å². The molecule has 1 unspecified atom stereocenters. The number of hydrogen-bond donors (Lipinski definition) is 0. The first-order valence-electron chi connectivity index (χ1n) is 9.16. The highest BCUT2D eigenvalue weighted by atomic mass is 32.2. The molecule has 7 heteroatoms. The van der Waals surface area contributed by atoms with Crippen LogP contribution in [0.3, 0.4) is 0 Å². The van der Waals surface area contributed by atoms with E-state index in [1.807, 2.05) is 0 Å². The van der Waals surface area contributed by atoms with Crippen LogP contribution in [0.5, 0.6) is 0 Å². The molecule has 6 nitrogen and oxygen atoms in total. The summed E-state index contributed by atoms with van der Waals surface area (Å²) in [6.45, 7) is 3.97. The molecule has 1 aliphatic carbocycles. The van der Waals surface area contributed by atoms with Crippen LogP contribution in [-0.2, 0) is 19.5 Å². The molecule has 1 aromatic rings. The minimum Gasteiger partial charge on any atom is -0.381 e. The van der Waals surface area contributed by atoms with Gasteiger partial charge in [0.25, 0.3) is 0 Å². The molecule has 3 heterocycles. The van der Waals surface area contributed by atoms with Crippen LogP contribution in [-0.4, -0.2) is 57.2 Å². The van der Waals surface area contributed by atoms with Gasteiger partial charge >= 0.3 is 0 Å². The molecule has 2 saturated heterocycles. The summed E-state index contributed by atoms with van der Waals surface area (Å²) < 4.78 is 39.2. The summed E-state index contributed by atoms with van der Waals surface area (Å²) in [4.78, 5) is 4.25. The van der Waals surface area contributed by atoms with Crippen LogP contribution in [0.2, 0.25) is 0 Å². The Morgan fingerprint density at radius 2 is 2.08 bits per heavy atom. The second-order valence-corrected chi connectivity index (χ2v) is 9.58. The topological polar surface area (TPSA) is 68.7 Å². The quantitative estimate of drug-likeness (QED) is 0.769. The number of pyridine rings is 1. The molecule has 3 aliphatic rings. The van der Waals surface area contributed by atoms with Crippen LogP contribution in [0.15, 0.2) is 29.4 Å². The van der Waals surface area contributed by atoms with Gasteiger partial charge < -0.3 is 9.47 Å². The normalized spacial score (nSPS) is 27.0. The van der Waals surface area contributed by atoms with Gasteiger partial charge in [0.1, 0.15) is 4.90 Å². The fourth-order valence-electron chi connectivity index (χ4n) is 4.05. The summed E-state index contributed by atoms with van der Waals surface area (Å²) in [5, 5.41) is 0. The predicted octanol–water partition coefficient (Wildman–Crippen LogP) is 1.93. The highest BCUT2D eigenvalue weighted by molar-refractivity contribution is 7.89. The maximum absolute atomic E-state index is 13.0. The minimum absolute atomic E-state index is 0.0168. The Bertz CT molecular complexity index is 684. The van der Waals surface area contributed by atoms with Gasteiger partial charge in [0.2, 0.25) is 10.0 Å². The molecule has 1 aromatic heterocycles. The van der Waals surface area contributed by atoms with E-state index >= 15 is 0 Å². The fraction of sp³-hybridized carbons (Fsp3) is 0.722. The molecule has 138 valence electrons. The third-order valence-corrected chi connectivity index (χ3v) is 7.71. The highest BCUT2D eigenvalue weighted by Gasteiger charge is 2.50. The standard InChI is InChI=1S/C18H26N2O4S/c21-25(22,17-2-1-7-19-10-17)20-11-16(13-24-12-15-3-4-15)18(14-20)5-8-23-9-6-18/h1-2,7,10,15-16H,3-6,8-9,11-14H2. The summed E-state index contributed by atoms with van der Waals surface area (Å²) in [5.74, 6) is 0.962. The van der Waals surface area contributed by atoms with Gasteiger partial charge in [-0.25, -0.2) is 8.42 Å². The summed E-state index contributed by atoms with van der Waals surface area (Å²) in [7, 11) is -3.50. The van der Waals surface area contributed by atoms with Crippen molar-refractivity contribution in [3.63, 3.8) is 0 Å². The number of hydrogen-bond acceptors (Lipinski definition) is 5. The number of ether oxygens (including phenoxy) is 2. The number of sulfonamides is 1. The van der Waals surface area contributed by atoms with E-state index in [1.54, 1.807) is 22.6 Å². The molecule has 1 spiro atoms. The Balaban J connectivity index is 1.52. The van der Waals surface area contributed by atoms with E-state index in [0.717, 1.165) is 25.4 Å². The van der Waals surface area contributed by atoms with Crippen LogP contribution in [0.1, 0.15) is 25.7 Å². The maximum Gasteiger partial charge on any atom is 0.244 e. The largest absolute Gasteiger partial charge is 0.381 e. The maximum atomic E-state index is 13.0. The zero-order valence-corrected chi connectivity index (χ0v) is 15.3. The third-order valence-electron chi connectivity index (χ3n) is 5.91. The smallest absolute Gasteiger partial charge is 0.244 e. The van der Waals surface area contributed by atoms with Crippen molar-refractivity contribution >= 4 is 10.0 Å². The lowest BCUT2D eigenvalue weighted by atomic mass is 9.72. The molecule has 2 aliphatic heterocycles. The van der Waals surface area contributed by atoms with E-state index in [2.05, 4.69) is 4.98 Å². The van der Waals surface area contributed by atoms with Crippen LogP contribution in [0.25, 0.3) is 0 Å². The van der Waals surface area contributed by atoms with Crippen LogP contribution in [0, 0.1) is 17.3 Å². The Morgan fingerprint density at radius 1 is 1.28 bits per heavy atom. The zero-order chi connectivity index (χ0) is 17.3. The van der Waals surface area contributed by atoms with E-state index in [0.29, 0.717) is 32.9 Å². The summed E-state index contributed by atoms with van der Waals surface area (Å²) >= 11 is 0. The molecule has 25 heavy (non-hydrogen) atoms. The van der Waals surface area contributed by atoms with E-state index < -0.39 is 10.0 Å². The van der Waals surface area contributed by atoms with Crippen LogP contribution < -0.4 is 0 Å². The van der Waals surface area contributed by atoms with Gasteiger partial charge in [0.15, 0.2) is 0 Å². The van der Waals surface area contributed by atoms with Crippen molar-refractivity contribution in [3.8, 4) is 0 Å². The van der Waals surface area contributed by atoms with Gasteiger partial charge in [-0.2, -0.15) is 4.31 Å². The van der Waals surface area contributed by atoms with E-state index in [9.17, 15) is 8.42 Å². The molecule has 0 aromatic carbocycles. The Labute approximate surface area is 149 Å². The van der Waals surface area contributed by atoms with Crippen molar-refractivity contribution in [2.24, 2.45) is 17.3 Å². The summed E-state index contributed by atoms with van der Waals surface area (Å²) in [6, 6.07) is 3.29. The SMILES string of the molecule is O=S(=O)(c1cccnc1)N1CC(COCC2CC2)C2(CCOCC2)C1. The number of nitrogens with zero attached hydrogens (tertiary/aromatic N) is 2. The molecule has 1 saturated carbocycles. The first kappa shape index (κ1) is 17.4. The Hall–Kier alpha value is -1.02. The van der Waals surface area contributed by atoms with Crippen molar-refractivity contribution in [1.29, 1.82) is 0 Å². The Kier molecular flexibility index (Phi) is 4.83. The average molecular weight is 366 g/mol. The number of rotatable bonds is 6. The third kappa shape index (κ3) is 3.60. The van der Waals surface area contributed by atoms with Gasteiger partial charge in [-0.1, -0.05) is 0 Å². The van der Waals surface area contributed by atoms with Crippen molar-refractivity contribution in [3.05, 3.63) is 24.5 Å². The molecule has 4 rings (SSSR count). The molecule has 0 N–H and O–H groups in total. The van der Waals surface area contributed by atoms with Gasteiger partial charge in [-0.15, -0.1) is 0 Å². The first-order valence-corrected chi connectivity index (χ1v) is 10.6. The molecular weight excluding hydrogens is 340 g/mol. The van der Waals surface area contributed by atoms with Crippen molar-refractivity contribution in [2.45, 2.75) is 30.6 Å². The summed E-state index contributed by atoms with van der Waals surface area (Å²) in [5.41, 5.74) is -0.0168. The molecular formula is C18H26N2O4S. The second kappa shape index (κ2) is 6.95. The summed E-state index contributed by atoms with van der Waals surface area (Å²) in [6.07, 6.45) is 7.38. The number of aromatic nitrogens is 1. The van der Waals surface area contributed by atoms with Crippen LogP contribution >= 0.6 is 0 Å². The minimum atomic E-state index is -3.50. The fourth-order valence-corrected chi connectivity index (χ4v) is 5.60. The first-order chi connectivity index (χ1) is 12.1. The highest BCUT2D eigenvalue weighted by Crippen LogP contribution is 2.46. The lowest BCUT2D eigenvalue weighted by molar-refractivity contribution is -0.0241. The van der Waals surface area contributed by atoms with Crippen molar-refractivity contribution in [2.75, 3.05) is 39.5 Å². The van der Waals surface area contributed by atoms with E-state index in [-0.39, 0.29) is 16.2 Å². The molecule has 1 atom stereocenters. The van der Waals surface area contributed by atoms with Gasteiger partial charge in [0.05, 0.1) is 6.61 Å². The predicted molar refractivity (Wildman–Crippen MR) is 92.5 cm³/mol. The molecule has 0 amide bonds. The lowest BCUT2D eigenvalue weighted by Gasteiger charge is -2.38. The lowest BCUT2D eigenvalue weighted by Crippen LogP contribution is -2.39.